The third-order valence-corrected chi connectivity index (χ3v) is 5.90. The van der Waals surface area contributed by atoms with E-state index in [0.717, 1.165) is 16.8 Å². The molecule has 1 aliphatic carbocycles. The summed E-state index contributed by atoms with van der Waals surface area (Å²) in [7, 11) is 0. The number of carbonyl (C=O) groups is 1. The first kappa shape index (κ1) is 19.0. The van der Waals surface area contributed by atoms with Gasteiger partial charge in [-0.05, 0) is 35.4 Å². The maximum absolute atomic E-state index is 11.5. The third kappa shape index (κ3) is 3.31. The molecular formula is C22H18ClN5O4. The number of nitrogens with zero attached hydrogens (tertiary/aromatic N) is 2. The number of carbonyl (C=O) groups excluding carboxylic acids is 1. The largest absolute Gasteiger partial charge is 0.486 e. The Bertz CT molecular complexity index is 1240. The number of aromatic nitrogens is 2. The van der Waals surface area contributed by atoms with Gasteiger partial charge in [0.15, 0.2) is 17.3 Å². The van der Waals surface area contributed by atoms with Crippen LogP contribution in [-0.2, 0) is 11.2 Å². The number of alkyl carbamates (subject to hydrolysis) is 1. The van der Waals surface area contributed by atoms with Crippen LogP contribution in [-0.4, -0.2) is 35.4 Å². The summed E-state index contributed by atoms with van der Waals surface area (Å²) < 4.78 is 16.7. The summed E-state index contributed by atoms with van der Waals surface area (Å²) in [6.45, 7) is 0.985. The second-order valence-electron chi connectivity index (χ2n) is 7.65. The van der Waals surface area contributed by atoms with Crippen molar-refractivity contribution < 1.29 is 19.0 Å². The lowest BCUT2D eigenvalue weighted by Crippen LogP contribution is -2.18. The van der Waals surface area contributed by atoms with E-state index >= 15 is 0 Å². The Kier molecular flexibility index (Phi) is 4.43. The molecule has 6 rings (SSSR count). The van der Waals surface area contributed by atoms with Gasteiger partial charge in [0, 0.05) is 12.1 Å². The van der Waals surface area contributed by atoms with Crippen LogP contribution >= 0.6 is 11.6 Å². The summed E-state index contributed by atoms with van der Waals surface area (Å²) in [5.41, 5.74) is 3.69. The highest BCUT2D eigenvalue weighted by Crippen LogP contribution is 2.40. The minimum Gasteiger partial charge on any atom is -0.486 e. The van der Waals surface area contributed by atoms with Crippen molar-refractivity contribution in [3.05, 3.63) is 58.7 Å². The first-order valence-electron chi connectivity index (χ1n) is 10.2. The van der Waals surface area contributed by atoms with Gasteiger partial charge in [0.1, 0.15) is 24.3 Å². The van der Waals surface area contributed by atoms with Crippen LogP contribution in [0.15, 0.2) is 42.6 Å². The number of halogens is 1. The topological polar surface area (TPSA) is 107 Å². The Morgan fingerprint density at radius 2 is 2.03 bits per heavy atom. The Morgan fingerprint density at radius 3 is 2.97 bits per heavy atom. The number of anilines is 4. The molecule has 3 aromatic rings. The molecule has 162 valence electrons. The van der Waals surface area contributed by atoms with E-state index in [1.54, 1.807) is 0 Å². The number of rotatable bonds is 4. The van der Waals surface area contributed by atoms with Gasteiger partial charge >= 0.3 is 6.09 Å². The lowest BCUT2D eigenvalue weighted by molar-refractivity contribution is 0.136. The highest BCUT2D eigenvalue weighted by Gasteiger charge is 2.41. The maximum Gasteiger partial charge on any atom is 0.408 e. The molecule has 1 fully saturated rings. The van der Waals surface area contributed by atoms with Gasteiger partial charge in [-0.3, -0.25) is 0 Å². The van der Waals surface area contributed by atoms with Gasteiger partial charge < -0.3 is 30.2 Å². The van der Waals surface area contributed by atoms with Crippen molar-refractivity contribution in [1.82, 2.24) is 15.3 Å². The monoisotopic (exact) mass is 451 g/mol. The zero-order valence-corrected chi connectivity index (χ0v) is 17.5. The van der Waals surface area contributed by atoms with Crippen LogP contribution in [0.25, 0.3) is 0 Å². The van der Waals surface area contributed by atoms with Crippen molar-refractivity contribution in [2.75, 3.05) is 23.8 Å². The minimum absolute atomic E-state index is 0.130. The van der Waals surface area contributed by atoms with Crippen molar-refractivity contribution in [3.8, 4) is 11.5 Å². The predicted molar refractivity (Wildman–Crippen MR) is 117 cm³/mol. The van der Waals surface area contributed by atoms with Crippen LogP contribution in [0.5, 0.6) is 11.5 Å². The minimum atomic E-state index is -0.377. The number of amides is 1. The molecule has 9 nitrogen and oxygen atoms in total. The molecule has 3 N–H and O–H groups in total. The van der Waals surface area contributed by atoms with Gasteiger partial charge in [-0.1, -0.05) is 23.7 Å². The molecule has 0 radical (unpaired) electrons. The highest BCUT2D eigenvalue weighted by atomic mass is 35.5. The molecule has 10 heteroatoms. The Balaban J connectivity index is 1.25. The molecule has 0 bridgehead atoms. The van der Waals surface area contributed by atoms with E-state index < -0.39 is 0 Å². The fraction of sp³-hybridized carbons (Fsp3) is 0.227. The van der Waals surface area contributed by atoms with Gasteiger partial charge in [0.05, 0.1) is 17.9 Å². The first-order chi connectivity index (χ1) is 15.6. The number of ether oxygens (including phenoxy) is 3. The summed E-state index contributed by atoms with van der Waals surface area (Å²) in [5, 5.41) is 9.65. The second-order valence-corrected chi connectivity index (χ2v) is 8.06. The number of benzene rings is 2. The smallest absolute Gasteiger partial charge is 0.408 e. The van der Waals surface area contributed by atoms with Crippen molar-refractivity contribution in [2.24, 2.45) is 0 Å². The molecule has 0 spiro atoms. The predicted octanol–water partition coefficient (Wildman–Crippen LogP) is 4.09. The molecule has 32 heavy (non-hydrogen) atoms. The van der Waals surface area contributed by atoms with Crippen molar-refractivity contribution in [3.63, 3.8) is 0 Å². The first-order valence-corrected chi connectivity index (χ1v) is 10.6. The Labute approximate surface area is 188 Å². The average Bonchev–Trinajstić information content (AvgIpc) is 3.32. The van der Waals surface area contributed by atoms with E-state index in [4.69, 9.17) is 25.8 Å². The number of hydrogen-bond donors (Lipinski definition) is 3. The van der Waals surface area contributed by atoms with E-state index in [1.165, 1.54) is 6.20 Å². The quantitative estimate of drug-likeness (QED) is 0.544. The molecular weight excluding hydrogens is 434 g/mol. The molecule has 0 saturated carbocycles. The number of hydrogen-bond acceptors (Lipinski definition) is 8. The lowest BCUT2D eigenvalue weighted by Gasteiger charge is -2.21. The molecule has 1 amide bonds. The molecule has 2 atom stereocenters. The van der Waals surface area contributed by atoms with Gasteiger partial charge in [-0.15, -0.1) is 0 Å². The second kappa shape index (κ2) is 7.45. The van der Waals surface area contributed by atoms with Gasteiger partial charge in [-0.2, -0.15) is 4.98 Å². The molecule has 3 heterocycles. The van der Waals surface area contributed by atoms with Crippen molar-refractivity contribution in [2.45, 2.75) is 18.6 Å². The van der Waals surface area contributed by atoms with Crippen molar-refractivity contribution >= 4 is 40.8 Å². The molecule has 3 aliphatic rings. The van der Waals surface area contributed by atoms with Gasteiger partial charge in [0.25, 0.3) is 0 Å². The van der Waals surface area contributed by atoms with Gasteiger partial charge in [0.2, 0.25) is 5.95 Å². The average molecular weight is 452 g/mol. The molecule has 2 aromatic carbocycles. The Morgan fingerprint density at radius 1 is 1.12 bits per heavy atom. The van der Waals surface area contributed by atoms with Gasteiger partial charge in [-0.25, -0.2) is 9.78 Å². The zero-order valence-electron chi connectivity index (χ0n) is 16.7. The summed E-state index contributed by atoms with van der Waals surface area (Å²) >= 11 is 6.34. The van der Waals surface area contributed by atoms with E-state index in [2.05, 4.69) is 25.9 Å². The number of fused-ring (bicyclic) bond motifs is 4. The molecule has 1 aromatic heterocycles. The molecule has 2 aliphatic heterocycles. The van der Waals surface area contributed by atoms with Crippen LogP contribution in [0.3, 0.4) is 0 Å². The summed E-state index contributed by atoms with van der Waals surface area (Å²) in [4.78, 5) is 20.4. The van der Waals surface area contributed by atoms with Crippen LogP contribution in [0, 0.1) is 0 Å². The number of para-hydroxylation sites is 1. The normalized spacial score (nSPS) is 20.1. The molecule has 0 unspecified atom stereocenters. The van der Waals surface area contributed by atoms with Crippen LogP contribution < -0.4 is 25.4 Å². The van der Waals surface area contributed by atoms with E-state index in [1.807, 2.05) is 36.4 Å². The molecule has 1 saturated heterocycles. The fourth-order valence-electron chi connectivity index (χ4n) is 4.21. The third-order valence-electron chi connectivity index (χ3n) is 5.63. The summed E-state index contributed by atoms with van der Waals surface area (Å²) in [6.07, 6.45) is 1.70. The van der Waals surface area contributed by atoms with Crippen molar-refractivity contribution in [1.29, 1.82) is 0 Å². The van der Waals surface area contributed by atoms with Crippen LogP contribution in [0.4, 0.5) is 27.9 Å². The Hall–Kier alpha value is -3.72. The zero-order chi connectivity index (χ0) is 21.7. The number of nitrogens with one attached hydrogen (secondary N) is 3. The SMILES string of the molecule is O=C1N[C@H]2c3cc(Nc4ncc(Cl)c(Nc5cccc6c5OCCO6)n4)ccc3C[C@H]2O1. The summed E-state index contributed by atoms with van der Waals surface area (Å²) in [5.74, 6) is 2.10. The van der Waals surface area contributed by atoms with Crippen LogP contribution in [0.1, 0.15) is 17.2 Å². The van der Waals surface area contributed by atoms with Crippen LogP contribution in [0.2, 0.25) is 5.02 Å². The summed E-state index contributed by atoms with van der Waals surface area (Å²) in [6, 6.07) is 11.4. The van der Waals surface area contributed by atoms with E-state index in [9.17, 15) is 4.79 Å². The fourth-order valence-corrected chi connectivity index (χ4v) is 4.34. The van der Waals surface area contributed by atoms with E-state index in [-0.39, 0.29) is 18.2 Å². The lowest BCUT2D eigenvalue weighted by atomic mass is 10.1. The van der Waals surface area contributed by atoms with E-state index in [0.29, 0.717) is 53.6 Å². The standard InChI is InChI=1S/C22H18ClN5O4/c23-14-10-24-21(28-20(14)26-15-2-1-3-16-19(15)31-7-6-30-16)25-12-5-4-11-8-17-18(13(11)9-12)27-22(29)32-17/h1-5,9-10,17-18H,6-8H2,(H,27,29)(H2,24,25,26,28)/t17-,18+/m1/s1. The maximum atomic E-state index is 11.5. The highest BCUT2D eigenvalue weighted by molar-refractivity contribution is 6.33.